The summed E-state index contributed by atoms with van der Waals surface area (Å²) in [6.45, 7) is 5.91. The van der Waals surface area contributed by atoms with Crippen LogP contribution in [0.5, 0.6) is 0 Å². The number of amides is 2. The minimum atomic E-state index is -0.0589. The molecule has 0 aliphatic carbocycles. The van der Waals surface area contributed by atoms with Gasteiger partial charge in [-0.25, -0.2) is 0 Å². The number of carbonyl (C=O) groups is 2. The molecular weight excluding hydrogens is 398 g/mol. The minimum absolute atomic E-state index is 0. The molecule has 2 aromatic rings. The van der Waals surface area contributed by atoms with Crippen LogP contribution in [0.3, 0.4) is 0 Å². The third kappa shape index (κ3) is 4.09. The summed E-state index contributed by atoms with van der Waals surface area (Å²) in [6.07, 6.45) is 3.86. The summed E-state index contributed by atoms with van der Waals surface area (Å²) < 4.78 is 1.78. The van der Waals surface area contributed by atoms with Gasteiger partial charge in [0.2, 0.25) is 5.91 Å². The topological polar surface area (TPSA) is 70.5 Å². The number of nitrogens with zero attached hydrogens (tertiary/aromatic N) is 4. The van der Waals surface area contributed by atoms with E-state index in [-0.39, 0.29) is 36.1 Å². The number of carbonyl (C=O) groups excluding carboxylic acids is 2. The van der Waals surface area contributed by atoms with E-state index in [0.717, 1.165) is 21.9 Å². The lowest BCUT2D eigenvalue weighted by Gasteiger charge is -2.36. The molecule has 4 rings (SSSR count). The molecule has 2 aliphatic rings. The monoisotopic (exact) mass is 423 g/mol. The number of nitrogens with one attached hydrogen (secondary N) is 1. The van der Waals surface area contributed by atoms with Gasteiger partial charge in [-0.05, 0) is 24.6 Å². The van der Waals surface area contributed by atoms with E-state index >= 15 is 0 Å². The number of thiophene rings is 1. The number of halogens is 1. The van der Waals surface area contributed by atoms with E-state index in [4.69, 9.17) is 0 Å². The van der Waals surface area contributed by atoms with E-state index in [2.05, 4.69) is 10.4 Å². The average molecular weight is 424 g/mol. The van der Waals surface area contributed by atoms with Gasteiger partial charge in [0.15, 0.2) is 0 Å². The van der Waals surface area contributed by atoms with Crippen LogP contribution >= 0.6 is 23.7 Å². The smallest absolute Gasteiger partial charge is 0.264 e. The Balaban J connectivity index is 0.00000225. The number of piperazine rings is 1. The van der Waals surface area contributed by atoms with E-state index in [0.29, 0.717) is 32.7 Å². The minimum Gasteiger partial charge on any atom is -0.339 e. The number of aromatic nitrogens is 2. The normalized spacial score (nSPS) is 22.2. The Hall–Kier alpha value is -1.90. The third-order valence-electron chi connectivity index (χ3n) is 5.51. The van der Waals surface area contributed by atoms with Crippen molar-refractivity contribution < 1.29 is 9.59 Å². The summed E-state index contributed by atoms with van der Waals surface area (Å²) in [5.41, 5.74) is 1.11. The second-order valence-corrected chi connectivity index (χ2v) is 8.63. The predicted molar refractivity (Wildman–Crippen MR) is 111 cm³/mol. The molecule has 0 aromatic carbocycles. The second kappa shape index (κ2) is 8.63. The molecule has 0 unspecified atom stereocenters. The van der Waals surface area contributed by atoms with Crippen LogP contribution in [0.4, 0.5) is 0 Å². The fourth-order valence-electron chi connectivity index (χ4n) is 3.99. The molecule has 0 bridgehead atoms. The van der Waals surface area contributed by atoms with E-state index in [9.17, 15) is 9.59 Å². The van der Waals surface area contributed by atoms with Crippen LogP contribution in [0, 0.1) is 12.8 Å². The first kappa shape index (κ1) is 20.8. The largest absolute Gasteiger partial charge is 0.339 e. The molecular formula is C19H26ClN5O2S. The maximum Gasteiger partial charge on any atom is 0.264 e. The zero-order valence-corrected chi connectivity index (χ0v) is 17.8. The highest BCUT2D eigenvalue weighted by molar-refractivity contribution is 7.13. The molecule has 28 heavy (non-hydrogen) atoms. The average Bonchev–Trinajstić information content (AvgIpc) is 3.41. The molecule has 0 spiro atoms. The lowest BCUT2D eigenvalue weighted by Crippen LogP contribution is -2.52. The molecule has 152 valence electrons. The van der Waals surface area contributed by atoms with Crippen LogP contribution < -0.4 is 5.32 Å². The van der Waals surface area contributed by atoms with Gasteiger partial charge < -0.3 is 15.1 Å². The zero-order valence-electron chi connectivity index (χ0n) is 16.1. The summed E-state index contributed by atoms with van der Waals surface area (Å²) in [6, 6.07) is 3.87. The van der Waals surface area contributed by atoms with Crippen LogP contribution in [0.2, 0.25) is 0 Å². The molecule has 7 nitrogen and oxygen atoms in total. The zero-order chi connectivity index (χ0) is 19.0. The number of rotatable bonds is 3. The molecule has 9 heteroatoms. The summed E-state index contributed by atoms with van der Waals surface area (Å²) in [5.74, 6) is 0.375. The highest BCUT2D eigenvalue weighted by atomic mass is 35.5. The molecule has 2 atom stereocenters. The fraction of sp³-hybridized carbons (Fsp3) is 0.526. The van der Waals surface area contributed by atoms with Gasteiger partial charge in [0, 0.05) is 63.3 Å². The Morgan fingerprint density at radius 1 is 1.14 bits per heavy atom. The lowest BCUT2D eigenvalue weighted by atomic mass is 9.89. The van der Waals surface area contributed by atoms with Crippen LogP contribution in [0.15, 0.2) is 24.5 Å². The summed E-state index contributed by atoms with van der Waals surface area (Å²) in [4.78, 5) is 31.4. The predicted octanol–water partition coefficient (Wildman–Crippen LogP) is 1.50. The molecule has 4 heterocycles. The van der Waals surface area contributed by atoms with E-state index in [1.807, 2.05) is 48.3 Å². The Bertz CT molecular complexity index is 843. The molecule has 2 aromatic heterocycles. The van der Waals surface area contributed by atoms with Crippen molar-refractivity contribution in [2.45, 2.75) is 12.8 Å². The van der Waals surface area contributed by atoms with Gasteiger partial charge in [-0.15, -0.1) is 23.7 Å². The van der Waals surface area contributed by atoms with Gasteiger partial charge in [-0.2, -0.15) is 5.10 Å². The van der Waals surface area contributed by atoms with Crippen LogP contribution in [0.1, 0.15) is 26.0 Å². The summed E-state index contributed by atoms with van der Waals surface area (Å²) >= 11 is 1.53. The Morgan fingerprint density at radius 3 is 2.46 bits per heavy atom. The Labute approximate surface area is 175 Å². The Kier molecular flexibility index (Phi) is 6.42. The first-order chi connectivity index (χ1) is 13.0. The number of hydrogen-bond acceptors (Lipinski definition) is 5. The highest BCUT2D eigenvalue weighted by Crippen LogP contribution is 2.29. The van der Waals surface area contributed by atoms with Gasteiger partial charge in [0.1, 0.15) is 0 Å². The standard InChI is InChI=1S/C19H25N5O2S.ClH/c1-13-3-4-17(27-13)19(26)24-7-5-23(6-8-24)18(25)16-11-20-10-15(16)14-9-21-22(2)12-14;/h3-4,9,12,15-16,20H,5-8,10-11H2,1-2H3;1H/t15-,16+;/m1./s1. The Morgan fingerprint density at radius 2 is 1.86 bits per heavy atom. The molecule has 2 saturated heterocycles. The van der Waals surface area contributed by atoms with Crippen molar-refractivity contribution in [2.75, 3.05) is 39.3 Å². The summed E-state index contributed by atoms with van der Waals surface area (Å²) in [5, 5.41) is 7.60. The SMILES string of the molecule is Cc1ccc(C(=O)N2CCN(C(=O)[C@H]3CNC[C@@H]3c3cnn(C)c3)CC2)s1.Cl. The molecule has 0 saturated carbocycles. The second-order valence-electron chi connectivity index (χ2n) is 7.35. The maximum absolute atomic E-state index is 13.1. The first-order valence-electron chi connectivity index (χ1n) is 9.36. The van der Waals surface area contributed by atoms with Gasteiger partial charge in [-0.1, -0.05) is 0 Å². The van der Waals surface area contributed by atoms with Crippen molar-refractivity contribution in [3.63, 3.8) is 0 Å². The van der Waals surface area contributed by atoms with Crippen molar-refractivity contribution >= 4 is 35.6 Å². The van der Waals surface area contributed by atoms with E-state index < -0.39 is 0 Å². The van der Waals surface area contributed by atoms with Gasteiger partial charge >= 0.3 is 0 Å². The van der Waals surface area contributed by atoms with Crippen LogP contribution in [0.25, 0.3) is 0 Å². The molecule has 0 radical (unpaired) electrons. The molecule has 1 N–H and O–H groups in total. The van der Waals surface area contributed by atoms with Crippen LogP contribution in [-0.2, 0) is 11.8 Å². The van der Waals surface area contributed by atoms with Crippen LogP contribution in [-0.4, -0.2) is 70.7 Å². The fourth-order valence-corrected chi connectivity index (χ4v) is 4.83. The summed E-state index contributed by atoms with van der Waals surface area (Å²) in [7, 11) is 1.90. The van der Waals surface area contributed by atoms with Gasteiger partial charge in [0.05, 0.1) is 17.0 Å². The molecule has 2 aliphatic heterocycles. The van der Waals surface area contributed by atoms with E-state index in [1.54, 1.807) is 4.68 Å². The van der Waals surface area contributed by atoms with E-state index in [1.165, 1.54) is 11.3 Å². The molecule has 2 amide bonds. The number of hydrogen-bond donors (Lipinski definition) is 1. The van der Waals surface area contributed by atoms with Crippen molar-refractivity contribution in [2.24, 2.45) is 13.0 Å². The van der Waals surface area contributed by atoms with Gasteiger partial charge in [-0.3, -0.25) is 14.3 Å². The highest BCUT2D eigenvalue weighted by Gasteiger charge is 2.38. The maximum atomic E-state index is 13.1. The van der Waals surface area contributed by atoms with Crippen molar-refractivity contribution in [1.29, 1.82) is 0 Å². The number of aryl methyl sites for hydroxylation is 2. The first-order valence-corrected chi connectivity index (χ1v) is 10.2. The van der Waals surface area contributed by atoms with Gasteiger partial charge in [0.25, 0.3) is 5.91 Å². The lowest BCUT2D eigenvalue weighted by molar-refractivity contribution is -0.136. The van der Waals surface area contributed by atoms with Crippen molar-refractivity contribution in [3.8, 4) is 0 Å². The third-order valence-corrected chi connectivity index (χ3v) is 6.50. The quantitative estimate of drug-likeness (QED) is 0.812. The van der Waals surface area contributed by atoms with Crippen molar-refractivity contribution in [1.82, 2.24) is 24.9 Å². The molecule has 2 fully saturated rings. The van der Waals surface area contributed by atoms with Crippen molar-refractivity contribution in [3.05, 3.63) is 39.8 Å².